The molecule has 0 rings (SSSR count). The molecule has 1 nitrogen and oxygen atoms in total. The highest BCUT2D eigenvalue weighted by Crippen LogP contribution is 1.67. The average molecular weight is 91.2 g/mol. The van der Waals surface area contributed by atoms with Crippen LogP contribution in [0.3, 0.4) is 0 Å². The van der Waals surface area contributed by atoms with Gasteiger partial charge in [0.25, 0.3) is 0 Å². The van der Waals surface area contributed by atoms with E-state index in [1.165, 1.54) is 0 Å². The monoisotopic (exact) mass is 91.0 g/mol. The van der Waals surface area contributed by atoms with Crippen LogP contribution >= 0.6 is 12.8 Å². The molecule has 0 unspecified atom stereocenters. The fraction of sp³-hybridized carbons (Fsp3) is 1.00. The van der Waals surface area contributed by atoms with E-state index in [0.29, 0.717) is 0 Å². The standard InChI is InChI=1S/C3H9NS/c1-2-3-4-5/h4-5H,2-3H2,1H3. The molecule has 2 heteroatoms. The minimum Gasteiger partial charge on any atom is -0.267 e. The van der Waals surface area contributed by atoms with Crippen molar-refractivity contribution in [3.05, 3.63) is 0 Å². The lowest BCUT2D eigenvalue weighted by atomic mass is 10.5. The molecular weight excluding hydrogens is 82.1 g/mol. The summed E-state index contributed by atoms with van der Waals surface area (Å²) >= 11 is 3.75. The molecule has 0 bridgehead atoms. The van der Waals surface area contributed by atoms with Crippen LogP contribution in [0, 0.1) is 0 Å². The Bertz CT molecular complexity index is 14.4. The third-order valence-corrected chi connectivity index (χ3v) is 0.585. The fourth-order valence-corrected chi connectivity index (χ4v) is 0.335. The van der Waals surface area contributed by atoms with Crippen molar-refractivity contribution < 1.29 is 0 Å². The maximum absolute atomic E-state index is 3.75. The maximum atomic E-state index is 3.75. The van der Waals surface area contributed by atoms with E-state index in [-0.39, 0.29) is 0 Å². The summed E-state index contributed by atoms with van der Waals surface area (Å²) in [6.45, 7) is 3.10. The molecule has 32 valence electrons. The zero-order chi connectivity index (χ0) is 4.12. The molecule has 0 aromatic heterocycles. The van der Waals surface area contributed by atoms with Gasteiger partial charge in [0, 0.05) is 6.54 Å². The third kappa shape index (κ3) is 4.31. The van der Waals surface area contributed by atoms with E-state index in [9.17, 15) is 0 Å². The Balaban J connectivity index is 2.19. The first-order valence-corrected chi connectivity index (χ1v) is 2.23. The van der Waals surface area contributed by atoms with Gasteiger partial charge in [-0.05, 0) is 6.42 Å². The summed E-state index contributed by atoms with van der Waals surface area (Å²) in [6.07, 6.45) is 1.16. The minimum atomic E-state index is 1.00. The van der Waals surface area contributed by atoms with E-state index < -0.39 is 0 Å². The number of nitrogens with one attached hydrogen (secondary N) is 1. The van der Waals surface area contributed by atoms with E-state index in [1.807, 2.05) is 0 Å². The summed E-state index contributed by atoms with van der Waals surface area (Å²) in [5.41, 5.74) is 0. The molecule has 0 amide bonds. The normalized spacial score (nSPS) is 8.40. The molecule has 0 aromatic carbocycles. The predicted octanol–water partition coefficient (Wildman–Crippen LogP) is 0.831. The maximum Gasteiger partial charge on any atom is 0.00535 e. The third-order valence-electron chi connectivity index (χ3n) is 0.362. The highest BCUT2D eigenvalue weighted by atomic mass is 32.1. The molecule has 0 aliphatic heterocycles. The average Bonchev–Trinajstić information content (AvgIpc) is 1.41. The molecule has 0 spiro atoms. The summed E-state index contributed by atoms with van der Waals surface area (Å²) in [7, 11) is 0. The van der Waals surface area contributed by atoms with Crippen molar-refractivity contribution in [3.8, 4) is 0 Å². The van der Waals surface area contributed by atoms with E-state index in [4.69, 9.17) is 0 Å². The summed E-state index contributed by atoms with van der Waals surface area (Å²) in [6, 6.07) is 0. The number of hydrogen-bond acceptors (Lipinski definition) is 2. The molecule has 0 aromatic rings. The van der Waals surface area contributed by atoms with Gasteiger partial charge in [-0.3, -0.25) is 4.72 Å². The lowest BCUT2D eigenvalue weighted by molar-refractivity contribution is 0.882. The number of thiol groups is 1. The van der Waals surface area contributed by atoms with Crippen LogP contribution in [0.15, 0.2) is 0 Å². The van der Waals surface area contributed by atoms with Gasteiger partial charge < -0.3 is 0 Å². The Morgan fingerprint density at radius 2 is 2.40 bits per heavy atom. The number of rotatable bonds is 2. The smallest absolute Gasteiger partial charge is 0.00535 e. The van der Waals surface area contributed by atoms with Crippen molar-refractivity contribution in [2.45, 2.75) is 13.3 Å². The van der Waals surface area contributed by atoms with E-state index in [2.05, 4.69) is 24.5 Å². The lowest BCUT2D eigenvalue weighted by Gasteiger charge is -1.83. The first-order valence-electron chi connectivity index (χ1n) is 1.78. The Kier molecular flexibility index (Phi) is 4.58. The molecule has 5 heavy (non-hydrogen) atoms. The van der Waals surface area contributed by atoms with Crippen LogP contribution in [-0.2, 0) is 0 Å². The van der Waals surface area contributed by atoms with Crippen LogP contribution in [0.2, 0.25) is 0 Å². The van der Waals surface area contributed by atoms with Crippen LogP contribution in [0.4, 0.5) is 0 Å². The first-order chi connectivity index (χ1) is 2.41. The van der Waals surface area contributed by atoms with Crippen molar-refractivity contribution in [1.82, 2.24) is 4.72 Å². The van der Waals surface area contributed by atoms with Crippen LogP contribution in [-0.4, -0.2) is 6.54 Å². The van der Waals surface area contributed by atoms with E-state index >= 15 is 0 Å². The highest BCUT2D eigenvalue weighted by Gasteiger charge is 1.65. The van der Waals surface area contributed by atoms with Gasteiger partial charge in [-0.1, -0.05) is 19.7 Å². The van der Waals surface area contributed by atoms with Gasteiger partial charge in [-0.2, -0.15) is 0 Å². The molecule has 0 fully saturated rings. The fourth-order valence-electron chi connectivity index (χ4n) is 0.112. The van der Waals surface area contributed by atoms with Crippen molar-refractivity contribution in [2.75, 3.05) is 6.54 Å². The molecule has 0 atom stereocenters. The van der Waals surface area contributed by atoms with Gasteiger partial charge in [-0.25, -0.2) is 0 Å². The Morgan fingerprint density at radius 1 is 1.80 bits per heavy atom. The Labute approximate surface area is 38.3 Å². The Morgan fingerprint density at radius 3 is 2.40 bits per heavy atom. The van der Waals surface area contributed by atoms with Gasteiger partial charge in [0.1, 0.15) is 0 Å². The molecular formula is C3H9NS. The van der Waals surface area contributed by atoms with E-state index in [1.54, 1.807) is 0 Å². The topological polar surface area (TPSA) is 12.0 Å². The summed E-state index contributed by atoms with van der Waals surface area (Å²) < 4.78 is 2.71. The summed E-state index contributed by atoms with van der Waals surface area (Å²) in [5.74, 6) is 0. The molecule has 0 saturated heterocycles. The second-order valence-corrected chi connectivity index (χ2v) is 1.22. The molecule has 0 radical (unpaired) electrons. The minimum absolute atomic E-state index is 1.00. The lowest BCUT2D eigenvalue weighted by Crippen LogP contribution is -1.96. The highest BCUT2D eigenvalue weighted by molar-refractivity contribution is 7.78. The molecule has 0 aliphatic rings. The molecule has 0 aliphatic carbocycles. The van der Waals surface area contributed by atoms with Gasteiger partial charge in [0.2, 0.25) is 0 Å². The second-order valence-electron chi connectivity index (χ2n) is 0.908. The molecule has 1 N–H and O–H groups in total. The zero-order valence-electron chi connectivity index (χ0n) is 3.36. The van der Waals surface area contributed by atoms with Gasteiger partial charge in [-0.15, -0.1) is 0 Å². The van der Waals surface area contributed by atoms with Gasteiger partial charge in [0.05, 0.1) is 0 Å². The summed E-state index contributed by atoms with van der Waals surface area (Å²) in [5, 5.41) is 0. The van der Waals surface area contributed by atoms with E-state index in [0.717, 1.165) is 13.0 Å². The second kappa shape index (κ2) is 4.31. The van der Waals surface area contributed by atoms with Crippen molar-refractivity contribution in [2.24, 2.45) is 0 Å². The first kappa shape index (κ1) is 5.31. The van der Waals surface area contributed by atoms with Gasteiger partial charge in [0.15, 0.2) is 0 Å². The molecule has 0 heterocycles. The summed E-state index contributed by atoms with van der Waals surface area (Å²) in [4.78, 5) is 0. The quantitative estimate of drug-likeness (QED) is 0.480. The van der Waals surface area contributed by atoms with Crippen LogP contribution in [0.5, 0.6) is 0 Å². The van der Waals surface area contributed by atoms with Crippen LogP contribution in [0.1, 0.15) is 13.3 Å². The Hall–Kier alpha value is 0.310. The SMILES string of the molecule is CCCNS. The van der Waals surface area contributed by atoms with Crippen LogP contribution in [0.25, 0.3) is 0 Å². The predicted molar refractivity (Wildman–Crippen MR) is 27.3 cm³/mol. The van der Waals surface area contributed by atoms with Crippen LogP contribution < -0.4 is 4.72 Å². The van der Waals surface area contributed by atoms with Crippen molar-refractivity contribution in [1.29, 1.82) is 0 Å². The van der Waals surface area contributed by atoms with Crippen molar-refractivity contribution >= 4 is 12.8 Å². The number of hydrogen-bond donors (Lipinski definition) is 2. The van der Waals surface area contributed by atoms with Gasteiger partial charge >= 0.3 is 0 Å². The zero-order valence-corrected chi connectivity index (χ0v) is 4.26. The van der Waals surface area contributed by atoms with Crippen molar-refractivity contribution in [3.63, 3.8) is 0 Å². The largest absolute Gasteiger partial charge is 0.267 e. The molecule has 0 saturated carbocycles.